The second kappa shape index (κ2) is 10.5. The van der Waals surface area contributed by atoms with Crippen molar-refractivity contribution in [3.05, 3.63) is 81.5 Å². The molecule has 4 aromatic rings. The standard InChI is InChI=1S/C27H24ClNO6/c1-4-16-5-11-22-20(13-16)25(31)27(26(35-22)17-6-8-18(28)9-7-17)34-15-24(30)29-21-14-19(32-2)10-12-23(21)33-3/h5-14H,4,15H2,1-3H3,(H,29,30). The van der Waals surface area contributed by atoms with Gasteiger partial charge in [0, 0.05) is 16.7 Å². The minimum atomic E-state index is -0.486. The molecule has 35 heavy (non-hydrogen) atoms. The maximum absolute atomic E-state index is 13.4. The van der Waals surface area contributed by atoms with Crippen LogP contribution in [0.2, 0.25) is 5.02 Å². The molecule has 1 N–H and O–H groups in total. The molecule has 8 heteroatoms. The molecule has 0 aliphatic rings. The molecule has 0 spiro atoms. The van der Waals surface area contributed by atoms with Crippen LogP contribution < -0.4 is 25.0 Å². The van der Waals surface area contributed by atoms with E-state index in [9.17, 15) is 9.59 Å². The first-order valence-electron chi connectivity index (χ1n) is 10.9. The topological polar surface area (TPSA) is 87.0 Å². The van der Waals surface area contributed by atoms with Crippen LogP contribution in [0.25, 0.3) is 22.3 Å². The van der Waals surface area contributed by atoms with Gasteiger partial charge in [-0.2, -0.15) is 0 Å². The van der Waals surface area contributed by atoms with Gasteiger partial charge in [0.2, 0.25) is 11.2 Å². The van der Waals surface area contributed by atoms with Gasteiger partial charge in [0.25, 0.3) is 5.91 Å². The average Bonchev–Trinajstić information content (AvgIpc) is 2.88. The number of benzene rings is 3. The number of methoxy groups -OCH3 is 2. The maximum Gasteiger partial charge on any atom is 0.262 e. The first-order chi connectivity index (χ1) is 16.9. The van der Waals surface area contributed by atoms with Gasteiger partial charge in [0.15, 0.2) is 12.4 Å². The summed E-state index contributed by atoms with van der Waals surface area (Å²) in [6.45, 7) is 1.57. The van der Waals surface area contributed by atoms with Crippen LogP contribution in [0.15, 0.2) is 69.9 Å². The van der Waals surface area contributed by atoms with Gasteiger partial charge in [-0.15, -0.1) is 0 Å². The molecule has 1 heterocycles. The zero-order valence-corrected chi connectivity index (χ0v) is 20.3. The number of hydrogen-bond acceptors (Lipinski definition) is 6. The number of halogens is 1. The molecule has 0 saturated heterocycles. The lowest BCUT2D eigenvalue weighted by atomic mass is 10.1. The molecular weight excluding hydrogens is 470 g/mol. The number of ether oxygens (including phenoxy) is 3. The van der Waals surface area contributed by atoms with Gasteiger partial charge >= 0.3 is 0 Å². The second-order valence-electron chi connectivity index (χ2n) is 7.68. The molecule has 0 saturated carbocycles. The molecular formula is C27H24ClNO6. The number of amides is 1. The summed E-state index contributed by atoms with van der Waals surface area (Å²) in [4.78, 5) is 26.2. The predicted molar refractivity (Wildman–Crippen MR) is 136 cm³/mol. The highest BCUT2D eigenvalue weighted by Gasteiger charge is 2.20. The molecule has 0 radical (unpaired) electrons. The smallest absolute Gasteiger partial charge is 0.262 e. The van der Waals surface area contributed by atoms with Crippen LogP contribution in [0.1, 0.15) is 12.5 Å². The molecule has 0 fully saturated rings. The Morgan fingerprint density at radius 1 is 1.00 bits per heavy atom. The fourth-order valence-corrected chi connectivity index (χ4v) is 3.73. The van der Waals surface area contributed by atoms with E-state index >= 15 is 0 Å². The van der Waals surface area contributed by atoms with Gasteiger partial charge in [-0.05, 0) is 60.5 Å². The van der Waals surface area contributed by atoms with Crippen LogP contribution in [-0.2, 0) is 11.2 Å². The summed E-state index contributed by atoms with van der Waals surface area (Å²) in [6.07, 6.45) is 0.759. The molecule has 0 aliphatic heterocycles. The van der Waals surface area contributed by atoms with Crippen molar-refractivity contribution in [2.24, 2.45) is 0 Å². The highest BCUT2D eigenvalue weighted by atomic mass is 35.5. The predicted octanol–water partition coefficient (Wildman–Crippen LogP) is 5.71. The molecule has 4 rings (SSSR count). The zero-order chi connectivity index (χ0) is 24.9. The van der Waals surface area contributed by atoms with Crippen LogP contribution >= 0.6 is 11.6 Å². The van der Waals surface area contributed by atoms with E-state index in [4.69, 9.17) is 30.2 Å². The lowest BCUT2D eigenvalue weighted by Gasteiger charge is -2.14. The van der Waals surface area contributed by atoms with Gasteiger partial charge in [-0.1, -0.05) is 24.6 Å². The molecule has 3 aromatic carbocycles. The molecule has 0 aliphatic carbocycles. The first-order valence-corrected chi connectivity index (χ1v) is 11.3. The van der Waals surface area contributed by atoms with Crippen LogP contribution in [0.4, 0.5) is 5.69 Å². The van der Waals surface area contributed by atoms with Gasteiger partial charge in [-0.25, -0.2) is 0 Å². The van der Waals surface area contributed by atoms with Crippen molar-refractivity contribution in [1.82, 2.24) is 0 Å². The number of carbonyl (C=O) groups is 1. The summed E-state index contributed by atoms with van der Waals surface area (Å²) in [7, 11) is 3.02. The van der Waals surface area contributed by atoms with Crippen molar-refractivity contribution in [3.63, 3.8) is 0 Å². The SMILES string of the molecule is CCc1ccc2oc(-c3ccc(Cl)cc3)c(OCC(=O)Nc3cc(OC)ccc3OC)c(=O)c2c1. The van der Waals surface area contributed by atoms with Crippen LogP contribution in [0, 0.1) is 0 Å². The molecule has 7 nitrogen and oxygen atoms in total. The highest BCUT2D eigenvalue weighted by Crippen LogP contribution is 2.32. The van der Waals surface area contributed by atoms with Crippen molar-refractivity contribution in [3.8, 4) is 28.6 Å². The van der Waals surface area contributed by atoms with E-state index in [0.29, 0.717) is 38.7 Å². The Morgan fingerprint density at radius 2 is 1.77 bits per heavy atom. The molecule has 0 bridgehead atoms. The fourth-order valence-electron chi connectivity index (χ4n) is 3.60. The van der Waals surface area contributed by atoms with E-state index in [0.717, 1.165) is 12.0 Å². The largest absolute Gasteiger partial charge is 0.497 e. The average molecular weight is 494 g/mol. The van der Waals surface area contributed by atoms with Crippen LogP contribution in [-0.4, -0.2) is 26.7 Å². The lowest BCUT2D eigenvalue weighted by Crippen LogP contribution is -2.23. The molecule has 0 atom stereocenters. The summed E-state index contributed by atoms with van der Waals surface area (Å²) in [5.74, 6) is 0.684. The third-order valence-corrected chi connectivity index (χ3v) is 5.71. The Bertz CT molecular complexity index is 1430. The third-order valence-electron chi connectivity index (χ3n) is 5.46. The normalized spacial score (nSPS) is 10.7. The summed E-state index contributed by atoms with van der Waals surface area (Å²) in [5, 5.41) is 3.65. The van der Waals surface area contributed by atoms with Gasteiger partial charge < -0.3 is 23.9 Å². The highest BCUT2D eigenvalue weighted by molar-refractivity contribution is 6.30. The van der Waals surface area contributed by atoms with E-state index in [-0.39, 0.29) is 16.9 Å². The third kappa shape index (κ3) is 5.25. The van der Waals surface area contributed by atoms with Gasteiger partial charge in [0.05, 0.1) is 25.3 Å². The van der Waals surface area contributed by atoms with Gasteiger partial charge in [0.1, 0.15) is 17.1 Å². The Balaban J connectivity index is 1.69. The Kier molecular flexibility index (Phi) is 7.27. The number of anilines is 1. The Hall–Kier alpha value is -3.97. The summed E-state index contributed by atoms with van der Waals surface area (Å²) < 4.78 is 22.4. The molecule has 1 amide bonds. The molecule has 1 aromatic heterocycles. The molecule has 180 valence electrons. The van der Waals surface area contributed by atoms with Gasteiger partial charge in [-0.3, -0.25) is 9.59 Å². The number of rotatable bonds is 8. The zero-order valence-electron chi connectivity index (χ0n) is 19.5. The number of aryl methyl sites for hydroxylation is 1. The Labute approximate surface area is 207 Å². The van der Waals surface area contributed by atoms with Crippen molar-refractivity contribution in [2.45, 2.75) is 13.3 Å². The fraction of sp³-hybridized carbons (Fsp3) is 0.185. The van der Waals surface area contributed by atoms with E-state index in [1.165, 1.54) is 14.2 Å². The number of hydrogen-bond donors (Lipinski definition) is 1. The van der Waals surface area contributed by atoms with Crippen LogP contribution in [0.5, 0.6) is 17.2 Å². The summed E-state index contributed by atoms with van der Waals surface area (Å²) in [6, 6.07) is 17.3. The van der Waals surface area contributed by atoms with E-state index in [2.05, 4.69) is 5.32 Å². The van der Waals surface area contributed by atoms with Crippen molar-refractivity contribution >= 4 is 34.2 Å². The minimum Gasteiger partial charge on any atom is -0.497 e. The monoisotopic (exact) mass is 493 g/mol. The Morgan fingerprint density at radius 3 is 2.46 bits per heavy atom. The number of carbonyl (C=O) groups excluding carboxylic acids is 1. The van der Waals surface area contributed by atoms with Crippen molar-refractivity contribution in [1.29, 1.82) is 0 Å². The molecule has 0 unspecified atom stereocenters. The quantitative estimate of drug-likeness (QED) is 0.338. The summed E-state index contributed by atoms with van der Waals surface area (Å²) in [5.41, 5.74) is 2.06. The van der Waals surface area contributed by atoms with E-state index < -0.39 is 12.5 Å². The minimum absolute atomic E-state index is 0.0548. The number of fused-ring (bicyclic) bond motifs is 1. The maximum atomic E-state index is 13.4. The van der Waals surface area contributed by atoms with Crippen molar-refractivity contribution in [2.75, 3.05) is 26.1 Å². The second-order valence-corrected chi connectivity index (χ2v) is 8.12. The van der Waals surface area contributed by atoms with E-state index in [1.807, 2.05) is 13.0 Å². The summed E-state index contributed by atoms with van der Waals surface area (Å²) >= 11 is 6.03. The first kappa shape index (κ1) is 24.2. The number of nitrogens with one attached hydrogen (secondary N) is 1. The van der Waals surface area contributed by atoms with E-state index in [1.54, 1.807) is 54.6 Å². The van der Waals surface area contributed by atoms with Crippen molar-refractivity contribution < 1.29 is 23.4 Å². The van der Waals surface area contributed by atoms with Crippen LogP contribution in [0.3, 0.4) is 0 Å². The lowest BCUT2D eigenvalue weighted by molar-refractivity contribution is -0.118.